The van der Waals surface area contributed by atoms with Crippen molar-refractivity contribution in [3.8, 4) is 11.5 Å². The van der Waals surface area contributed by atoms with E-state index in [1.807, 2.05) is 92.7 Å². The van der Waals surface area contributed by atoms with Gasteiger partial charge in [-0.1, -0.05) is 0 Å². The third kappa shape index (κ3) is 6.84. The molecule has 2 saturated heterocycles. The van der Waals surface area contributed by atoms with E-state index in [4.69, 9.17) is 28.0 Å². The molecule has 1 aromatic heterocycles. The van der Waals surface area contributed by atoms with Crippen LogP contribution in [-0.2, 0) is 24.1 Å². The van der Waals surface area contributed by atoms with Gasteiger partial charge in [0.1, 0.15) is 0 Å². The van der Waals surface area contributed by atoms with Crippen molar-refractivity contribution in [3.63, 3.8) is 0 Å². The summed E-state index contributed by atoms with van der Waals surface area (Å²) < 4.78 is 38.3. The molecule has 3 aromatic carbocycles. The minimum absolute atomic E-state index is 0.00542. The molecule has 2 fully saturated rings. The molecule has 2 aliphatic rings. The summed E-state index contributed by atoms with van der Waals surface area (Å²) in [5.41, 5.74) is 0.708. The molecule has 0 saturated carbocycles. The maximum absolute atomic E-state index is 12.9. The van der Waals surface area contributed by atoms with Gasteiger partial charge in [0.05, 0.1) is 0 Å². The molecule has 0 bridgehead atoms. The van der Waals surface area contributed by atoms with Crippen molar-refractivity contribution in [1.29, 1.82) is 0 Å². The van der Waals surface area contributed by atoms with E-state index >= 15 is 0 Å². The molecule has 256 valence electrons. The molecular weight excluding hydrogens is 655 g/mol. The number of methoxy groups -OCH3 is 2. The van der Waals surface area contributed by atoms with Crippen LogP contribution in [0.3, 0.4) is 0 Å². The van der Waals surface area contributed by atoms with Crippen LogP contribution in [-0.4, -0.2) is 58.8 Å². The molecule has 2 aliphatic heterocycles. The zero-order valence-corrected chi connectivity index (χ0v) is 29.3. The van der Waals surface area contributed by atoms with E-state index in [9.17, 15) is 14.5 Å². The van der Waals surface area contributed by atoms with Crippen molar-refractivity contribution in [2.45, 2.75) is 62.6 Å². The summed E-state index contributed by atoms with van der Waals surface area (Å²) in [4.78, 5) is 38.9. The van der Waals surface area contributed by atoms with Gasteiger partial charge in [0.2, 0.25) is 0 Å². The number of aromatic amines is 1. The summed E-state index contributed by atoms with van der Waals surface area (Å²) in [5, 5.41) is 0.0369. The van der Waals surface area contributed by atoms with Gasteiger partial charge in [-0.25, -0.2) is 0 Å². The van der Waals surface area contributed by atoms with Gasteiger partial charge < -0.3 is 0 Å². The van der Waals surface area contributed by atoms with Gasteiger partial charge in [-0.15, -0.1) is 0 Å². The first-order valence-corrected chi connectivity index (χ1v) is 19.1. The Kier molecular flexibility index (Phi) is 10.1. The second-order valence-electron chi connectivity index (χ2n) is 12.0. The Bertz CT molecular complexity index is 1760. The van der Waals surface area contributed by atoms with Crippen LogP contribution in [0.4, 0.5) is 0 Å². The first-order chi connectivity index (χ1) is 23.0. The number of hydrogen-bond donors (Lipinski definition) is 2. The van der Waals surface area contributed by atoms with Crippen LogP contribution in [0.2, 0.25) is 0 Å². The van der Waals surface area contributed by atoms with E-state index < -0.39 is 42.4 Å². The first kappa shape index (κ1) is 34.4. The molecular formula is C35H41N2O9PS. The van der Waals surface area contributed by atoms with Crippen LogP contribution < -0.4 is 20.7 Å². The standard InChI is InChI=1S/C35H41N2O9PS/c1-22-20-37(34(39)36-33(22)38)32-19-30(46-47(40)45-23(2)24(3)48-47)31(44-32)21-43-35(25-9-7-6-8-10-25,26-11-15-28(41-4)16-12-26)27-13-17-29(42-5)18-14-27/h6-18,20,23-24,30-32,40,47H,19,21H2,1-5H3,(H,36,38,39)/t23?,24?,30-,31+,32-/m0/s1. The Morgan fingerprint density at radius 1 is 0.938 bits per heavy atom. The number of hydrogen-bond acceptors (Lipinski definition) is 10. The van der Waals surface area contributed by atoms with Crippen LogP contribution in [0.25, 0.3) is 0 Å². The summed E-state index contributed by atoms with van der Waals surface area (Å²) in [6.45, 7) is 5.52. The summed E-state index contributed by atoms with van der Waals surface area (Å²) in [7, 11) is -0.425. The molecule has 11 nitrogen and oxygen atoms in total. The quantitative estimate of drug-likeness (QED) is 0.154. The minimum atomic E-state index is -3.66. The number of nitrogens with zero attached hydrogens (tertiary/aromatic N) is 1. The molecule has 0 radical (unpaired) electrons. The maximum atomic E-state index is 12.9. The van der Waals surface area contributed by atoms with Crippen LogP contribution in [0.5, 0.6) is 11.5 Å². The molecule has 48 heavy (non-hydrogen) atoms. The fourth-order valence-corrected chi connectivity index (χ4v) is 11.6. The predicted molar refractivity (Wildman–Crippen MR) is 186 cm³/mol. The number of H-pyrrole nitrogens is 1. The first-order valence-electron chi connectivity index (χ1n) is 15.8. The van der Waals surface area contributed by atoms with Crippen LogP contribution >= 0.6 is 18.5 Å². The molecule has 13 heteroatoms. The molecule has 0 spiro atoms. The summed E-state index contributed by atoms with van der Waals surface area (Å²) in [6.07, 6.45) is -0.730. The monoisotopic (exact) mass is 696 g/mol. The number of nitrogens with one attached hydrogen (secondary N) is 1. The van der Waals surface area contributed by atoms with Gasteiger partial charge in [0.15, 0.2) is 0 Å². The Hall–Kier alpha value is -3.48. The summed E-state index contributed by atoms with van der Waals surface area (Å²) >= 11 is 1.30. The second-order valence-corrected chi connectivity index (χ2v) is 16.7. The van der Waals surface area contributed by atoms with E-state index in [2.05, 4.69) is 4.98 Å². The third-order valence-corrected chi connectivity index (χ3v) is 13.8. The van der Waals surface area contributed by atoms with Crippen molar-refractivity contribution < 1.29 is 32.9 Å². The van der Waals surface area contributed by atoms with E-state index in [1.165, 1.54) is 22.1 Å². The molecule has 3 heterocycles. The zero-order valence-electron chi connectivity index (χ0n) is 27.5. The Morgan fingerprint density at radius 3 is 2.06 bits per heavy atom. The zero-order chi connectivity index (χ0) is 34.1. The Morgan fingerprint density at radius 2 is 1.52 bits per heavy atom. The predicted octanol–water partition coefficient (Wildman–Crippen LogP) is 5.49. The SMILES string of the molecule is COc1ccc(C(OC[C@H]2O[C@H](n3cc(C)c(=O)[nH]c3=O)C[C@@H]2O[PH]2(O)OC(C)C(C)S2)(c2ccccc2)c2ccc(OC)cc2)cc1. The second kappa shape index (κ2) is 14.2. The summed E-state index contributed by atoms with van der Waals surface area (Å²) in [6, 6.07) is 25.3. The van der Waals surface area contributed by atoms with Crippen molar-refractivity contribution in [2.24, 2.45) is 0 Å². The van der Waals surface area contributed by atoms with Gasteiger partial charge >= 0.3 is 284 Å². The molecule has 2 N–H and O–H groups in total. The van der Waals surface area contributed by atoms with Gasteiger partial charge in [-0.05, 0) is 0 Å². The van der Waals surface area contributed by atoms with Crippen molar-refractivity contribution in [1.82, 2.24) is 9.55 Å². The van der Waals surface area contributed by atoms with E-state index in [-0.39, 0.29) is 24.4 Å². The Labute approximate surface area is 283 Å². The summed E-state index contributed by atoms with van der Waals surface area (Å²) in [5.74, 6) is 1.39. The third-order valence-electron chi connectivity index (χ3n) is 8.91. The van der Waals surface area contributed by atoms with Gasteiger partial charge in [-0.3, -0.25) is 0 Å². The van der Waals surface area contributed by atoms with E-state index in [0.717, 1.165) is 16.7 Å². The van der Waals surface area contributed by atoms with Gasteiger partial charge in [0.25, 0.3) is 0 Å². The van der Waals surface area contributed by atoms with Crippen LogP contribution in [0, 0.1) is 6.92 Å². The number of rotatable bonds is 11. The topological polar surface area (TPSA) is 130 Å². The number of ether oxygens (including phenoxy) is 4. The normalized spacial score (nSPS) is 24.3. The van der Waals surface area contributed by atoms with Crippen molar-refractivity contribution >= 4 is 18.5 Å². The van der Waals surface area contributed by atoms with Gasteiger partial charge in [0, 0.05) is 0 Å². The number of aryl methyl sites for hydroxylation is 1. The average molecular weight is 697 g/mol. The van der Waals surface area contributed by atoms with Crippen molar-refractivity contribution in [3.05, 3.63) is 128 Å². The van der Waals surface area contributed by atoms with Gasteiger partial charge in [-0.2, -0.15) is 0 Å². The van der Waals surface area contributed by atoms with Crippen molar-refractivity contribution in [2.75, 3.05) is 20.8 Å². The van der Waals surface area contributed by atoms with Crippen LogP contribution in [0.1, 0.15) is 48.8 Å². The van der Waals surface area contributed by atoms with E-state index in [0.29, 0.717) is 17.1 Å². The van der Waals surface area contributed by atoms with Crippen LogP contribution in [0.15, 0.2) is 94.6 Å². The fourth-order valence-electron chi connectivity index (χ4n) is 6.16. The number of aromatic nitrogens is 2. The molecule has 0 amide bonds. The Balaban J connectivity index is 1.41. The molecule has 5 atom stereocenters. The molecule has 2 unspecified atom stereocenters. The average Bonchev–Trinajstić information content (AvgIpc) is 3.60. The molecule has 4 aromatic rings. The fraction of sp³-hybridized carbons (Fsp3) is 0.371. The number of benzene rings is 3. The van der Waals surface area contributed by atoms with E-state index in [1.54, 1.807) is 21.1 Å². The molecule has 6 rings (SSSR count). The molecule has 0 aliphatic carbocycles.